The van der Waals surface area contributed by atoms with Crippen LogP contribution in [0.1, 0.15) is 13.3 Å². The van der Waals surface area contributed by atoms with Crippen LogP contribution in [0.3, 0.4) is 0 Å². The first-order chi connectivity index (χ1) is 8.01. The quantitative estimate of drug-likeness (QED) is 0.369. The van der Waals surface area contributed by atoms with Gasteiger partial charge in [0, 0.05) is 6.61 Å². The van der Waals surface area contributed by atoms with Gasteiger partial charge in [-0.2, -0.15) is 0 Å². The summed E-state index contributed by atoms with van der Waals surface area (Å²) in [5.74, 6) is 0. The van der Waals surface area contributed by atoms with Gasteiger partial charge in [-0.25, -0.2) is 0 Å². The van der Waals surface area contributed by atoms with E-state index >= 15 is 0 Å². The van der Waals surface area contributed by atoms with E-state index < -0.39 is 37.3 Å². The molecule has 0 aromatic carbocycles. The van der Waals surface area contributed by atoms with Gasteiger partial charge in [-0.15, -0.1) is 0 Å². The van der Waals surface area contributed by atoms with Crippen LogP contribution in [0.2, 0.25) is 0 Å². The van der Waals surface area contributed by atoms with Crippen molar-refractivity contribution in [3.05, 3.63) is 0 Å². The lowest BCUT2D eigenvalue weighted by atomic mass is 9.99. The molecule has 7 nitrogen and oxygen atoms in total. The molecule has 102 valence electrons. The Kier molecular flexibility index (Phi) is 5.74. The molecule has 0 amide bonds. The summed E-state index contributed by atoms with van der Waals surface area (Å²) < 4.78 is 10.4. The summed E-state index contributed by atoms with van der Waals surface area (Å²) in [6.45, 7) is 1.12. The molecule has 1 unspecified atom stereocenters. The number of aliphatic hydroxyl groups is 5. The minimum Gasteiger partial charge on any atom is -0.396 e. The molecule has 0 aromatic rings. The zero-order valence-corrected chi connectivity index (χ0v) is 9.64. The van der Waals surface area contributed by atoms with Crippen molar-refractivity contribution in [1.82, 2.24) is 0 Å². The lowest BCUT2D eigenvalue weighted by molar-refractivity contribution is -0.310. The van der Waals surface area contributed by atoms with Gasteiger partial charge in [-0.1, -0.05) is 0 Å². The summed E-state index contributed by atoms with van der Waals surface area (Å²) in [5, 5.41) is 46.3. The van der Waals surface area contributed by atoms with Crippen LogP contribution < -0.4 is 0 Å². The molecule has 0 spiro atoms. The van der Waals surface area contributed by atoms with E-state index in [1.54, 1.807) is 6.92 Å². The molecule has 17 heavy (non-hydrogen) atoms. The van der Waals surface area contributed by atoms with Crippen LogP contribution in [0.4, 0.5) is 0 Å². The number of hydrogen-bond acceptors (Lipinski definition) is 7. The van der Waals surface area contributed by atoms with Gasteiger partial charge >= 0.3 is 0 Å². The van der Waals surface area contributed by atoms with Crippen LogP contribution in [0.5, 0.6) is 0 Å². The molecule has 1 heterocycles. The smallest absolute Gasteiger partial charge is 0.186 e. The van der Waals surface area contributed by atoms with Crippen molar-refractivity contribution in [3.8, 4) is 0 Å². The van der Waals surface area contributed by atoms with Crippen molar-refractivity contribution in [1.29, 1.82) is 0 Å². The molecule has 1 saturated heterocycles. The normalized spacial score (nSPS) is 40.2. The minimum atomic E-state index is -1.44. The van der Waals surface area contributed by atoms with Crippen molar-refractivity contribution < 1.29 is 35.0 Å². The third-order valence-corrected chi connectivity index (χ3v) is 2.75. The Labute approximate surface area is 99.2 Å². The largest absolute Gasteiger partial charge is 0.396 e. The Morgan fingerprint density at radius 2 is 1.76 bits per heavy atom. The first-order valence-corrected chi connectivity index (χ1v) is 5.58. The first-order valence-electron chi connectivity index (χ1n) is 5.58. The maximum Gasteiger partial charge on any atom is 0.186 e. The predicted molar refractivity (Wildman–Crippen MR) is 56.0 cm³/mol. The van der Waals surface area contributed by atoms with Gasteiger partial charge in [0.15, 0.2) is 6.29 Å². The second-order valence-electron chi connectivity index (χ2n) is 4.16. The molecular weight excluding hydrogens is 232 g/mol. The Morgan fingerprint density at radius 1 is 1.12 bits per heavy atom. The van der Waals surface area contributed by atoms with Crippen molar-refractivity contribution >= 4 is 0 Å². The molecule has 1 fully saturated rings. The molecule has 0 bridgehead atoms. The van der Waals surface area contributed by atoms with E-state index in [-0.39, 0.29) is 12.7 Å². The minimum absolute atomic E-state index is 0.0708. The molecule has 6 atom stereocenters. The molecular formula is C10H20O7. The van der Waals surface area contributed by atoms with E-state index in [9.17, 15) is 15.3 Å². The van der Waals surface area contributed by atoms with Gasteiger partial charge in [-0.3, -0.25) is 0 Å². The fourth-order valence-corrected chi connectivity index (χ4v) is 1.66. The fraction of sp³-hybridized carbons (Fsp3) is 1.00. The number of ether oxygens (including phenoxy) is 2. The van der Waals surface area contributed by atoms with Gasteiger partial charge in [0.2, 0.25) is 0 Å². The van der Waals surface area contributed by atoms with Crippen LogP contribution in [0.25, 0.3) is 0 Å². The van der Waals surface area contributed by atoms with E-state index in [2.05, 4.69) is 0 Å². The second kappa shape index (κ2) is 6.60. The summed E-state index contributed by atoms with van der Waals surface area (Å²) in [5.41, 5.74) is 0. The number of rotatable bonds is 5. The zero-order valence-electron chi connectivity index (χ0n) is 9.64. The summed E-state index contributed by atoms with van der Waals surface area (Å²) in [6.07, 6.45) is -6.34. The molecule has 0 saturated carbocycles. The van der Waals surface area contributed by atoms with Crippen LogP contribution in [0, 0.1) is 0 Å². The molecule has 1 rings (SSSR count). The van der Waals surface area contributed by atoms with Crippen molar-refractivity contribution in [2.75, 3.05) is 13.2 Å². The zero-order chi connectivity index (χ0) is 13.0. The van der Waals surface area contributed by atoms with E-state index in [1.165, 1.54) is 0 Å². The number of aliphatic hydroxyl groups excluding tert-OH is 5. The maximum absolute atomic E-state index is 9.63. The fourth-order valence-electron chi connectivity index (χ4n) is 1.66. The highest BCUT2D eigenvalue weighted by Crippen LogP contribution is 2.23. The molecule has 0 radical (unpaired) electrons. The summed E-state index contributed by atoms with van der Waals surface area (Å²) in [7, 11) is 0. The van der Waals surface area contributed by atoms with Crippen LogP contribution in [0.15, 0.2) is 0 Å². The highest BCUT2D eigenvalue weighted by molar-refractivity contribution is 4.89. The topological polar surface area (TPSA) is 120 Å². The average molecular weight is 252 g/mol. The summed E-state index contributed by atoms with van der Waals surface area (Å²) in [4.78, 5) is 0. The van der Waals surface area contributed by atoms with Gasteiger partial charge in [0.1, 0.15) is 24.4 Å². The van der Waals surface area contributed by atoms with E-state index in [1.807, 2.05) is 0 Å². The summed E-state index contributed by atoms with van der Waals surface area (Å²) >= 11 is 0. The average Bonchev–Trinajstić information content (AvgIpc) is 2.30. The Bertz CT molecular complexity index is 223. The Morgan fingerprint density at radius 3 is 2.29 bits per heavy atom. The SMILES string of the molecule is CC(CCO)O[C@@H]1O[C@H](CO)[C@H](O)[C@H](O)[C@H]1O. The van der Waals surface area contributed by atoms with Crippen molar-refractivity contribution in [2.24, 2.45) is 0 Å². The molecule has 7 heteroatoms. The third kappa shape index (κ3) is 3.59. The highest BCUT2D eigenvalue weighted by Gasteiger charge is 2.44. The molecule has 1 aliphatic rings. The second-order valence-corrected chi connectivity index (χ2v) is 4.16. The Hall–Kier alpha value is -0.280. The van der Waals surface area contributed by atoms with Gasteiger partial charge < -0.3 is 35.0 Å². The van der Waals surface area contributed by atoms with Crippen LogP contribution in [-0.4, -0.2) is 75.6 Å². The van der Waals surface area contributed by atoms with E-state index in [4.69, 9.17) is 19.7 Å². The summed E-state index contributed by atoms with van der Waals surface area (Å²) in [6, 6.07) is 0. The highest BCUT2D eigenvalue weighted by atomic mass is 16.7. The first kappa shape index (κ1) is 14.8. The number of hydrogen-bond donors (Lipinski definition) is 5. The van der Waals surface area contributed by atoms with E-state index in [0.29, 0.717) is 6.42 Å². The monoisotopic (exact) mass is 252 g/mol. The maximum atomic E-state index is 9.63. The van der Waals surface area contributed by atoms with Crippen LogP contribution in [-0.2, 0) is 9.47 Å². The van der Waals surface area contributed by atoms with E-state index in [0.717, 1.165) is 0 Å². The molecule has 0 aromatic heterocycles. The molecule has 0 aliphatic carbocycles. The third-order valence-electron chi connectivity index (χ3n) is 2.75. The van der Waals surface area contributed by atoms with Crippen molar-refractivity contribution in [3.63, 3.8) is 0 Å². The Balaban J connectivity index is 2.59. The molecule has 1 aliphatic heterocycles. The van der Waals surface area contributed by atoms with Gasteiger partial charge in [0.25, 0.3) is 0 Å². The van der Waals surface area contributed by atoms with Gasteiger partial charge in [0.05, 0.1) is 12.7 Å². The standard InChI is InChI=1S/C10H20O7/c1-5(2-3-11)16-10-9(15)8(14)7(13)6(4-12)17-10/h5-15H,2-4H2,1H3/t5?,6-,7+,8+,9-,10-/m1/s1. The lowest BCUT2D eigenvalue weighted by Gasteiger charge is -2.40. The lowest BCUT2D eigenvalue weighted by Crippen LogP contribution is -2.59. The van der Waals surface area contributed by atoms with Crippen LogP contribution >= 0.6 is 0 Å². The predicted octanol–water partition coefficient (Wildman–Crippen LogP) is -2.43. The van der Waals surface area contributed by atoms with Crippen molar-refractivity contribution in [2.45, 2.75) is 50.2 Å². The molecule has 5 N–H and O–H groups in total. The van der Waals surface area contributed by atoms with Gasteiger partial charge in [-0.05, 0) is 13.3 Å².